The highest BCUT2D eigenvalue weighted by Gasteiger charge is 2.22. The summed E-state index contributed by atoms with van der Waals surface area (Å²) < 4.78 is 13.1. The molecule has 2 heterocycles. The van der Waals surface area contributed by atoms with E-state index in [1.165, 1.54) is 0 Å². The summed E-state index contributed by atoms with van der Waals surface area (Å²) in [7, 11) is 0. The van der Waals surface area contributed by atoms with Crippen LogP contribution in [-0.4, -0.2) is 20.8 Å². The summed E-state index contributed by atoms with van der Waals surface area (Å²) in [6, 6.07) is 13.0. The molecule has 0 aliphatic carbocycles. The Morgan fingerprint density at radius 1 is 1.09 bits per heavy atom. The summed E-state index contributed by atoms with van der Waals surface area (Å²) in [6.07, 6.45) is 0. The molecule has 0 unspecified atom stereocenters. The van der Waals surface area contributed by atoms with Gasteiger partial charge in [-0.3, -0.25) is 9.48 Å². The Hall–Kier alpha value is -3.29. The smallest absolute Gasteiger partial charge is 0.279 e. The molecule has 1 amide bonds. The number of anilines is 1. The van der Waals surface area contributed by atoms with E-state index in [0.29, 0.717) is 33.7 Å². The first-order valence-electron chi connectivity index (χ1n) is 10.7. The third kappa shape index (κ3) is 5.11. The van der Waals surface area contributed by atoms with Crippen LogP contribution in [0.1, 0.15) is 44.2 Å². The number of ether oxygens (including phenoxy) is 1. The first kappa shape index (κ1) is 23.9. The lowest BCUT2D eigenvalue weighted by Gasteiger charge is -2.12. The van der Waals surface area contributed by atoms with E-state index in [0.717, 1.165) is 28.1 Å². The van der Waals surface area contributed by atoms with Crippen molar-refractivity contribution in [3.05, 3.63) is 91.9 Å². The topological polar surface area (TPSA) is 82.2 Å². The van der Waals surface area contributed by atoms with Gasteiger partial charge in [0.1, 0.15) is 18.1 Å². The van der Waals surface area contributed by atoms with Crippen molar-refractivity contribution >= 4 is 34.9 Å². The van der Waals surface area contributed by atoms with E-state index in [9.17, 15) is 4.79 Å². The largest absolute Gasteiger partial charge is 0.488 e. The maximum absolute atomic E-state index is 13.0. The number of hydrogen-bond acceptors (Lipinski definition) is 5. The van der Waals surface area contributed by atoms with Crippen LogP contribution in [0, 0.1) is 27.7 Å². The van der Waals surface area contributed by atoms with Gasteiger partial charge >= 0.3 is 0 Å². The van der Waals surface area contributed by atoms with Gasteiger partial charge in [-0.25, -0.2) is 0 Å². The fourth-order valence-corrected chi connectivity index (χ4v) is 4.10. The van der Waals surface area contributed by atoms with Crippen LogP contribution in [0.25, 0.3) is 0 Å². The highest BCUT2D eigenvalue weighted by molar-refractivity contribution is 6.35. The second kappa shape index (κ2) is 9.91. The van der Waals surface area contributed by atoms with Gasteiger partial charge in [0.2, 0.25) is 0 Å². The second-order valence-corrected chi connectivity index (χ2v) is 8.94. The molecule has 4 rings (SSSR count). The minimum atomic E-state index is -0.425. The predicted molar refractivity (Wildman–Crippen MR) is 132 cm³/mol. The van der Waals surface area contributed by atoms with Gasteiger partial charge in [-0.05, 0) is 56.5 Å². The van der Waals surface area contributed by atoms with E-state index in [1.54, 1.807) is 29.8 Å². The van der Waals surface area contributed by atoms with E-state index >= 15 is 0 Å². The van der Waals surface area contributed by atoms with E-state index in [2.05, 4.69) is 15.6 Å². The monoisotopic (exact) mass is 498 g/mol. The quantitative estimate of drug-likeness (QED) is 0.323. The number of aromatic nitrogens is 3. The Balaban J connectivity index is 1.49. The molecule has 176 valence electrons. The third-order valence-electron chi connectivity index (χ3n) is 5.53. The number of carbonyl (C=O) groups excluding carboxylic acids is 1. The number of carbonyl (C=O) groups is 1. The Labute approximate surface area is 207 Å². The lowest BCUT2D eigenvalue weighted by molar-refractivity contribution is 0.101. The van der Waals surface area contributed by atoms with Gasteiger partial charge in [-0.1, -0.05) is 52.6 Å². The van der Waals surface area contributed by atoms with Crippen molar-refractivity contribution in [2.45, 2.75) is 40.8 Å². The first-order valence-corrected chi connectivity index (χ1v) is 11.4. The molecule has 0 fully saturated rings. The first-order chi connectivity index (χ1) is 16.2. The van der Waals surface area contributed by atoms with Crippen molar-refractivity contribution in [3.8, 4) is 5.75 Å². The molecule has 9 heteroatoms. The van der Waals surface area contributed by atoms with Crippen molar-refractivity contribution < 1.29 is 14.1 Å². The molecular formula is C25H24Cl2N4O3. The number of hydrogen-bond donors (Lipinski definition) is 1. The fourth-order valence-electron chi connectivity index (χ4n) is 3.63. The van der Waals surface area contributed by atoms with Gasteiger partial charge in [-0.2, -0.15) is 5.10 Å². The van der Waals surface area contributed by atoms with E-state index in [4.69, 9.17) is 32.5 Å². The molecule has 0 atom stereocenters. The second-order valence-electron chi connectivity index (χ2n) is 8.09. The molecule has 0 radical (unpaired) electrons. The molecule has 4 aromatic rings. The highest BCUT2D eigenvalue weighted by Crippen LogP contribution is 2.26. The van der Waals surface area contributed by atoms with Gasteiger partial charge in [0, 0.05) is 21.8 Å². The highest BCUT2D eigenvalue weighted by atomic mass is 35.5. The van der Waals surface area contributed by atoms with Crippen LogP contribution in [0.2, 0.25) is 10.0 Å². The molecular weight excluding hydrogens is 475 g/mol. The molecule has 0 saturated carbocycles. The Kier molecular flexibility index (Phi) is 6.95. The Morgan fingerprint density at radius 2 is 1.82 bits per heavy atom. The molecule has 0 bridgehead atoms. The summed E-state index contributed by atoms with van der Waals surface area (Å²) in [5.74, 6) is 1.28. The maximum atomic E-state index is 13.0. The number of amides is 1. The Morgan fingerprint density at radius 3 is 2.53 bits per heavy atom. The number of para-hydroxylation sites is 1. The van der Waals surface area contributed by atoms with Crippen LogP contribution >= 0.6 is 23.2 Å². The number of nitrogens with one attached hydrogen (secondary N) is 1. The molecule has 0 aliphatic rings. The summed E-state index contributed by atoms with van der Waals surface area (Å²) in [5, 5.41) is 12.4. The average molecular weight is 499 g/mol. The van der Waals surface area contributed by atoms with Crippen molar-refractivity contribution in [3.63, 3.8) is 0 Å². The minimum absolute atomic E-state index is 0.159. The zero-order valence-electron chi connectivity index (χ0n) is 19.3. The lowest BCUT2D eigenvalue weighted by Crippen LogP contribution is -2.16. The van der Waals surface area contributed by atoms with Crippen LogP contribution in [0.4, 0.5) is 5.82 Å². The zero-order valence-corrected chi connectivity index (χ0v) is 20.8. The van der Waals surface area contributed by atoms with Crippen LogP contribution in [-0.2, 0) is 13.2 Å². The van der Waals surface area contributed by atoms with Gasteiger partial charge in [0.05, 0.1) is 12.1 Å². The van der Waals surface area contributed by atoms with Crippen LogP contribution < -0.4 is 10.1 Å². The SMILES string of the molecule is Cc1cccc(C)c1OCc1c(C(=O)Nc2cc(C)n(Cc3ccc(Cl)cc3Cl)n2)noc1C. The van der Waals surface area contributed by atoms with Crippen molar-refractivity contribution in [2.24, 2.45) is 0 Å². The van der Waals surface area contributed by atoms with Crippen molar-refractivity contribution in [2.75, 3.05) is 5.32 Å². The van der Waals surface area contributed by atoms with Gasteiger partial charge in [0.15, 0.2) is 11.5 Å². The molecule has 2 aromatic heterocycles. The van der Waals surface area contributed by atoms with Crippen LogP contribution in [0.5, 0.6) is 5.75 Å². The van der Waals surface area contributed by atoms with Crippen LogP contribution in [0.15, 0.2) is 47.0 Å². The molecule has 2 aromatic carbocycles. The number of halogens is 2. The molecule has 0 saturated heterocycles. The number of aryl methyl sites for hydroxylation is 4. The average Bonchev–Trinajstić information content (AvgIpc) is 3.31. The summed E-state index contributed by atoms with van der Waals surface area (Å²) >= 11 is 12.3. The molecule has 0 aliphatic heterocycles. The number of benzene rings is 2. The molecule has 1 N–H and O–H groups in total. The van der Waals surface area contributed by atoms with Gasteiger partial charge in [0.25, 0.3) is 5.91 Å². The predicted octanol–water partition coefficient (Wildman–Crippen LogP) is 6.29. The standard InChI is InChI=1S/C25H24Cl2N4O3/c1-14-6-5-7-15(2)24(14)33-13-20-17(4)34-30-23(20)25(32)28-22-10-16(3)31(29-22)12-18-8-9-19(26)11-21(18)27/h5-11H,12-13H2,1-4H3,(H,28,29,32). The number of rotatable bonds is 7. The van der Waals surface area contributed by atoms with Crippen LogP contribution in [0.3, 0.4) is 0 Å². The molecule has 7 nitrogen and oxygen atoms in total. The number of nitrogens with zero attached hydrogens (tertiary/aromatic N) is 3. The van der Waals surface area contributed by atoms with E-state index < -0.39 is 5.91 Å². The van der Waals surface area contributed by atoms with Crippen molar-refractivity contribution in [1.82, 2.24) is 14.9 Å². The Bertz CT molecular complexity index is 1340. The lowest BCUT2D eigenvalue weighted by atomic mass is 10.1. The summed E-state index contributed by atoms with van der Waals surface area (Å²) in [4.78, 5) is 13.0. The third-order valence-corrected chi connectivity index (χ3v) is 6.11. The summed E-state index contributed by atoms with van der Waals surface area (Å²) in [5.41, 5.74) is 4.51. The van der Waals surface area contributed by atoms with Gasteiger partial charge in [-0.15, -0.1) is 0 Å². The fraction of sp³-hybridized carbons (Fsp3) is 0.240. The maximum Gasteiger partial charge on any atom is 0.279 e. The molecule has 34 heavy (non-hydrogen) atoms. The summed E-state index contributed by atoms with van der Waals surface area (Å²) in [6.45, 7) is 8.21. The normalized spacial score (nSPS) is 11.0. The molecule has 0 spiro atoms. The van der Waals surface area contributed by atoms with Gasteiger partial charge < -0.3 is 14.6 Å². The van der Waals surface area contributed by atoms with E-state index in [1.807, 2.05) is 45.0 Å². The van der Waals surface area contributed by atoms with E-state index in [-0.39, 0.29) is 12.3 Å². The zero-order chi connectivity index (χ0) is 24.4. The minimum Gasteiger partial charge on any atom is -0.488 e. The van der Waals surface area contributed by atoms with Crippen molar-refractivity contribution in [1.29, 1.82) is 0 Å².